The molecule has 2 aromatic heterocycles. The first kappa shape index (κ1) is 21.3. The molecule has 0 radical (unpaired) electrons. The molecule has 1 saturated heterocycles. The maximum absolute atomic E-state index is 13.7. The van der Waals surface area contributed by atoms with E-state index in [1.165, 1.54) is 29.7 Å². The Kier molecular flexibility index (Phi) is 5.65. The number of carbonyl (C=O) groups is 2. The largest absolute Gasteiger partial charge is 0.340 e. The molecule has 1 aliphatic rings. The van der Waals surface area contributed by atoms with Crippen molar-refractivity contribution in [3.8, 4) is 10.4 Å². The summed E-state index contributed by atoms with van der Waals surface area (Å²) in [6.07, 6.45) is 2.16. The molecule has 2 N–H and O–H groups in total. The summed E-state index contributed by atoms with van der Waals surface area (Å²) in [5.41, 5.74) is 1.94. The van der Waals surface area contributed by atoms with E-state index >= 15 is 0 Å². The predicted molar refractivity (Wildman–Crippen MR) is 124 cm³/mol. The first-order valence-corrected chi connectivity index (χ1v) is 11.3. The third-order valence-corrected chi connectivity index (χ3v) is 6.72. The van der Waals surface area contributed by atoms with Gasteiger partial charge in [-0.15, -0.1) is 11.3 Å². The Bertz CT molecular complexity index is 1350. The van der Waals surface area contributed by atoms with Crippen molar-refractivity contribution in [1.29, 1.82) is 0 Å². The molecule has 0 saturated carbocycles. The van der Waals surface area contributed by atoms with Crippen LogP contribution in [0.4, 0.5) is 4.39 Å². The number of carbonyl (C=O) groups excluding carboxylic acids is 2. The van der Waals surface area contributed by atoms with E-state index in [9.17, 15) is 14.0 Å². The lowest BCUT2D eigenvalue weighted by Gasteiger charge is -2.34. The quantitative estimate of drug-likeness (QED) is 0.427. The Morgan fingerprint density at radius 2 is 1.94 bits per heavy atom. The highest BCUT2D eigenvalue weighted by atomic mass is 32.1. The molecule has 7 nitrogen and oxygen atoms in total. The standard InChI is InChI=1S/C24H20FN5O2S/c1-13-28-21(23(33-13)14-6-8-15(25)9-7-14)22(31)20(19-10-11-26-19)29-24(32)17-12-27-30-18-5-3-2-4-16(17)18/h2-9,12,19-20,26H,10-11H2,1H3,(H,29,32). The summed E-state index contributed by atoms with van der Waals surface area (Å²) in [4.78, 5) is 32.0. The number of fused-ring (bicyclic) bond motifs is 1. The molecule has 2 unspecified atom stereocenters. The number of Topliss-reactive ketones (excluding diaryl/α,β-unsaturated/α-hetero) is 1. The number of aromatic nitrogens is 3. The molecular weight excluding hydrogens is 441 g/mol. The number of hydrogen-bond donors (Lipinski definition) is 2. The number of nitrogens with zero attached hydrogens (tertiary/aromatic N) is 3. The molecule has 4 aromatic rings. The lowest BCUT2D eigenvalue weighted by Crippen LogP contribution is -2.60. The number of rotatable bonds is 6. The highest BCUT2D eigenvalue weighted by Gasteiger charge is 2.37. The second kappa shape index (κ2) is 8.76. The second-order valence-corrected chi connectivity index (χ2v) is 9.06. The average Bonchev–Trinajstić information content (AvgIpc) is 3.18. The van der Waals surface area contributed by atoms with E-state index in [-0.39, 0.29) is 23.3 Å². The molecule has 0 spiro atoms. The van der Waals surface area contributed by atoms with Crippen LogP contribution in [0.3, 0.4) is 0 Å². The molecule has 2 atom stereocenters. The molecule has 1 fully saturated rings. The fourth-order valence-corrected chi connectivity index (χ4v) is 4.82. The zero-order chi connectivity index (χ0) is 22.9. The summed E-state index contributed by atoms with van der Waals surface area (Å²) in [7, 11) is 0. The fourth-order valence-electron chi connectivity index (χ4n) is 3.89. The van der Waals surface area contributed by atoms with Crippen molar-refractivity contribution in [3.05, 3.63) is 76.8 Å². The SMILES string of the molecule is Cc1nc(C(=O)C(NC(=O)c2cnnc3ccccc23)C2CCN2)c(-c2ccc(F)cc2)s1. The minimum Gasteiger partial charge on any atom is -0.340 e. The summed E-state index contributed by atoms with van der Waals surface area (Å²) in [6, 6.07) is 12.2. The van der Waals surface area contributed by atoms with E-state index in [0.29, 0.717) is 31.9 Å². The van der Waals surface area contributed by atoms with Gasteiger partial charge in [-0.05, 0) is 43.7 Å². The molecule has 9 heteroatoms. The minimum atomic E-state index is -0.807. The number of hydrogen-bond acceptors (Lipinski definition) is 7. The van der Waals surface area contributed by atoms with Crippen molar-refractivity contribution >= 4 is 33.9 Å². The van der Waals surface area contributed by atoms with E-state index in [1.807, 2.05) is 19.1 Å². The van der Waals surface area contributed by atoms with Crippen molar-refractivity contribution in [2.24, 2.45) is 0 Å². The second-order valence-electron chi connectivity index (χ2n) is 7.86. The van der Waals surface area contributed by atoms with Crippen molar-refractivity contribution in [2.75, 3.05) is 6.54 Å². The first-order valence-electron chi connectivity index (χ1n) is 10.5. The van der Waals surface area contributed by atoms with Gasteiger partial charge in [0, 0.05) is 11.4 Å². The highest BCUT2D eigenvalue weighted by molar-refractivity contribution is 7.15. The summed E-state index contributed by atoms with van der Waals surface area (Å²) in [5.74, 6) is -1.03. The van der Waals surface area contributed by atoms with E-state index < -0.39 is 11.9 Å². The number of halogens is 1. The number of nitrogens with one attached hydrogen (secondary N) is 2. The van der Waals surface area contributed by atoms with E-state index in [4.69, 9.17) is 0 Å². The summed E-state index contributed by atoms with van der Waals surface area (Å²) in [5, 5.41) is 15.5. The Morgan fingerprint density at radius 3 is 2.67 bits per heavy atom. The van der Waals surface area contributed by atoms with Gasteiger partial charge in [0.05, 0.1) is 27.2 Å². The van der Waals surface area contributed by atoms with Crippen LogP contribution >= 0.6 is 11.3 Å². The van der Waals surface area contributed by atoms with Crippen LogP contribution in [0.2, 0.25) is 0 Å². The summed E-state index contributed by atoms with van der Waals surface area (Å²) >= 11 is 1.37. The Labute approximate surface area is 193 Å². The molecule has 2 aromatic carbocycles. The molecule has 5 rings (SSSR count). The molecule has 1 amide bonds. The van der Waals surface area contributed by atoms with Crippen LogP contribution in [0.15, 0.2) is 54.7 Å². The van der Waals surface area contributed by atoms with Gasteiger partial charge in [0.1, 0.15) is 17.6 Å². The molecule has 1 aliphatic heterocycles. The monoisotopic (exact) mass is 461 g/mol. The van der Waals surface area contributed by atoms with Gasteiger partial charge in [0.2, 0.25) is 5.78 Å². The zero-order valence-electron chi connectivity index (χ0n) is 17.7. The van der Waals surface area contributed by atoms with Crippen molar-refractivity contribution in [3.63, 3.8) is 0 Å². The van der Waals surface area contributed by atoms with Crippen LogP contribution in [0, 0.1) is 12.7 Å². The van der Waals surface area contributed by atoms with E-state index in [2.05, 4.69) is 25.8 Å². The fraction of sp³-hybridized carbons (Fsp3) is 0.208. The molecule has 33 heavy (non-hydrogen) atoms. The Morgan fingerprint density at radius 1 is 1.18 bits per heavy atom. The van der Waals surface area contributed by atoms with Gasteiger partial charge in [-0.25, -0.2) is 9.37 Å². The normalized spacial score (nSPS) is 16.2. The van der Waals surface area contributed by atoms with Crippen molar-refractivity contribution in [2.45, 2.75) is 25.4 Å². The topological polar surface area (TPSA) is 96.9 Å². The van der Waals surface area contributed by atoms with Gasteiger partial charge >= 0.3 is 0 Å². The molecule has 0 bridgehead atoms. The van der Waals surface area contributed by atoms with E-state index in [0.717, 1.165) is 13.0 Å². The number of ketones is 1. The molecular formula is C24H20FN5O2S. The van der Waals surface area contributed by atoms with Gasteiger partial charge in [0.25, 0.3) is 5.91 Å². The van der Waals surface area contributed by atoms with Gasteiger partial charge < -0.3 is 10.6 Å². The minimum absolute atomic E-state index is 0.203. The van der Waals surface area contributed by atoms with Crippen LogP contribution < -0.4 is 10.6 Å². The Hall–Kier alpha value is -3.56. The van der Waals surface area contributed by atoms with Gasteiger partial charge in [-0.3, -0.25) is 9.59 Å². The van der Waals surface area contributed by atoms with Crippen LogP contribution in [0.5, 0.6) is 0 Å². The van der Waals surface area contributed by atoms with Gasteiger partial charge in [0.15, 0.2) is 0 Å². The number of aryl methyl sites for hydroxylation is 1. The maximum atomic E-state index is 13.7. The number of benzene rings is 2. The lowest BCUT2D eigenvalue weighted by atomic mass is 9.92. The van der Waals surface area contributed by atoms with Crippen molar-refractivity contribution < 1.29 is 14.0 Å². The third-order valence-electron chi connectivity index (χ3n) is 5.70. The molecule has 166 valence electrons. The first-order chi connectivity index (χ1) is 16.0. The number of amides is 1. The Balaban J connectivity index is 1.49. The zero-order valence-corrected chi connectivity index (χ0v) is 18.5. The maximum Gasteiger partial charge on any atom is 0.254 e. The van der Waals surface area contributed by atoms with Crippen molar-refractivity contribution in [1.82, 2.24) is 25.8 Å². The smallest absolute Gasteiger partial charge is 0.254 e. The molecule has 0 aliphatic carbocycles. The van der Waals surface area contributed by atoms with Gasteiger partial charge in [-0.1, -0.05) is 30.3 Å². The van der Waals surface area contributed by atoms with E-state index in [1.54, 1.807) is 24.3 Å². The lowest BCUT2D eigenvalue weighted by molar-refractivity contribution is 0.0810. The molecule has 3 heterocycles. The average molecular weight is 462 g/mol. The summed E-state index contributed by atoms with van der Waals surface area (Å²) < 4.78 is 13.4. The van der Waals surface area contributed by atoms with Gasteiger partial charge in [-0.2, -0.15) is 10.2 Å². The highest BCUT2D eigenvalue weighted by Crippen LogP contribution is 2.32. The predicted octanol–water partition coefficient (Wildman–Crippen LogP) is 3.54. The third kappa shape index (κ3) is 4.12. The van der Waals surface area contributed by atoms with Crippen LogP contribution in [0.25, 0.3) is 21.3 Å². The summed E-state index contributed by atoms with van der Waals surface area (Å²) in [6.45, 7) is 2.59. The van der Waals surface area contributed by atoms with Crippen LogP contribution in [0.1, 0.15) is 32.3 Å². The van der Waals surface area contributed by atoms with Crippen LogP contribution in [-0.4, -0.2) is 45.5 Å². The van der Waals surface area contributed by atoms with Crippen LogP contribution in [-0.2, 0) is 0 Å². The number of thiazole rings is 1.